The SMILES string of the molecule is COc1ccccc1CSc1nc2ccc(NC(=O)Cc3ccc(S(C)(=O)=O)cc3)cc2s1. The van der Waals surface area contributed by atoms with Gasteiger partial charge in [-0.25, -0.2) is 13.4 Å². The average molecular weight is 499 g/mol. The Balaban J connectivity index is 1.40. The van der Waals surface area contributed by atoms with Crippen molar-refractivity contribution < 1.29 is 17.9 Å². The van der Waals surface area contributed by atoms with Crippen LogP contribution in [0, 0.1) is 0 Å². The number of rotatable bonds is 8. The first kappa shape index (κ1) is 23.3. The Morgan fingerprint density at radius 1 is 1.09 bits per heavy atom. The van der Waals surface area contributed by atoms with Gasteiger partial charge in [0.1, 0.15) is 5.75 Å². The van der Waals surface area contributed by atoms with Gasteiger partial charge in [-0.15, -0.1) is 11.3 Å². The van der Waals surface area contributed by atoms with Crippen LogP contribution in [0.4, 0.5) is 5.69 Å². The number of anilines is 1. The maximum Gasteiger partial charge on any atom is 0.228 e. The predicted molar refractivity (Wildman–Crippen MR) is 134 cm³/mol. The van der Waals surface area contributed by atoms with Crippen LogP contribution in [0.15, 0.2) is 76.0 Å². The normalized spacial score (nSPS) is 11.5. The van der Waals surface area contributed by atoms with Crippen molar-refractivity contribution >= 4 is 54.7 Å². The number of aromatic nitrogens is 1. The molecule has 3 aromatic carbocycles. The van der Waals surface area contributed by atoms with Crippen molar-refractivity contribution in [2.75, 3.05) is 18.7 Å². The maximum absolute atomic E-state index is 12.5. The summed E-state index contributed by atoms with van der Waals surface area (Å²) in [6.45, 7) is 0. The molecule has 1 aromatic heterocycles. The minimum absolute atomic E-state index is 0.158. The van der Waals surface area contributed by atoms with Gasteiger partial charge in [0.05, 0.1) is 28.6 Å². The van der Waals surface area contributed by atoms with Gasteiger partial charge in [-0.05, 0) is 42.0 Å². The molecule has 1 heterocycles. The van der Waals surface area contributed by atoms with Gasteiger partial charge in [0.2, 0.25) is 5.91 Å². The number of amides is 1. The van der Waals surface area contributed by atoms with E-state index in [-0.39, 0.29) is 17.2 Å². The summed E-state index contributed by atoms with van der Waals surface area (Å²) in [5.74, 6) is 1.45. The molecular formula is C24H22N2O4S3. The predicted octanol–water partition coefficient (Wildman–Crippen LogP) is 5.18. The van der Waals surface area contributed by atoms with E-state index in [0.717, 1.165) is 43.4 Å². The first-order chi connectivity index (χ1) is 15.8. The fourth-order valence-electron chi connectivity index (χ4n) is 3.25. The Bertz CT molecular complexity index is 1400. The molecule has 0 saturated carbocycles. The lowest BCUT2D eigenvalue weighted by Gasteiger charge is -2.06. The van der Waals surface area contributed by atoms with Crippen LogP contribution < -0.4 is 10.1 Å². The lowest BCUT2D eigenvalue weighted by Crippen LogP contribution is -2.14. The van der Waals surface area contributed by atoms with E-state index in [1.165, 1.54) is 12.1 Å². The average Bonchev–Trinajstić information content (AvgIpc) is 3.19. The number of carbonyl (C=O) groups is 1. The molecule has 4 rings (SSSR count). The molecular weight excluding hydrogens is 476 g/mol. The van der Waals surface area contributed by atoms with Gasteiger partial charge in [0.15, 0.2) is 14.2 Å². The second-order valence-electron chi connectivity index (χ2n) is 7.40. The Kier molecular flexibility index (Phi) is 7.02. The van der Waals surface area contributed by atoms with Gasteiger partial charge in [-0.2, -0.15) is 0 Å². The molecule has 0 aliphatic heterocycles. The molecule has 0 atom stereocenters. The molecule has 170 valence electrons. The maximum atomic E-state index is 12.5. The summed E-state index contributed by atoms with van der Waals surface area (Å²) >= 11 is 3.23. The van der Waals surface area contributed by atoms with Crippen LogP contribution in [0.2, 0.25) is 0 Å². The van der Waals surface area contributed by atoms with Gasteiger partial charge < -0.3 is 10.1 Å². The number of sulfone groups is 1. The summed E-state index contributed by atoms with van der Waals surface area (Å²) in [6.07, 6.45) is 1.32. The number of nitrogens with one attached hydrogen (secondary N) is 1. The topological polar surface area (TPSA) is 85.4 Å². The van der Waals surface area contributed by atoms with Crippen molar-refractivity contribution in [3.8, 4) is 5.75 Å². The molecule has 0 saturated heterocycles. The third kappa shape index (κ3) is 5.93. The Hall–Kier alpha value is -2.88. The van der Waals surface area contributed by atoms with Crippen molar-refractivity contribution in [1.82, 2.24) is 4.98 Å². The number of nitrogens with zero attached hydrogens (tertiary/aromatic N) is 1. The number of hydrogen-bond donors (Lipinski definition) is 1. The second-order valence-corrected chi connectivity index (χ2v) is 11.7. The van der Waals surface area contributed by atoms with E-state index >= 15 is 0 Å². The molecule has 0 radical (unpaired) electrons. The number of ether oxygens (including phenoxy) is 1. The van der Waals surface area contributed by atoms with Gasteiger partial charge in [-0.1, -0.05) is 42.1 Å². The van der Waals surface area contributed by atoms with Gasteiger partial charge >= 0.3 is 0 Å². The van der Waals surface area contributed by atoms with Crippen LogP contribution in [-0.2, 0) is 26.8 Å². The summed E-state index contributed by atoms with van der Waals surface area (Å²) in [4.78, 5) is 17.4. The Labute approximate surface area is 200 Å². The van der Waals surface area contributed by atoms with Crippen LogP contribution in [-0.4, -0.2) is 32.7 Å². The molecule has 4 aromatic rings. The second kappa shape index (κ2) is 9.94. The third-order valence-corrected chi connectivity index (χ3v) is 8.25. The van der Waals surface area contributed by atoms with Crippen molar-refractivity contribution in [1.29, 1.82) is 0 Å². The first-order valence-corrected chi connectivity index (χ1v) is 13.8. The number of fused-ring (bicyclic) bond motifs is 1. The number of thiazole rings is 1. The van der Waals surface area contributed by atoms with Crippen molar-refractivity contribution in [2.45, 2.75) is 21.4 Å². The number of thioether (sulfide) groups is 1. The molecule has 1 N–H and O–H groups in total. The van der Waals surface area contributed by atoms with Gasteiger partial charge in [0.25, 0.3) is 0 Å². The molecule has 0 spiro atoms. The van der Waals surface area contributed by atoms with E-state index in [9.17, 15) is 13.2 Å². The van der Waals surface area contributed by atoms with E-state index in [2.05, 4.69) is 10.3 Å². The lowest BCUT2D eigenvalue weighted by molar-refractivity contribution is -0.115. The third-order valence-electron chi connectivity index (χ3n) is 4.91. The fraction of sp³-hybridized carbons (Fsp3) is 0.167. The zero-order chi connectivity index (χ0) is 23.4. The zero-order valence-electron chi connectivity index (χ0n) is 18.1. The standard InChI is InChI=1S/C24H22N2O4S3/c1-30-21-6-4-3-5-17(21)15-31-24-26-20-12-9-18(14-22(20)32-24)25-23(27)13-16-7-10-19(11-8-16)33(2,28)29/h3-12,14H,13,15H2,1-2H3,(H,25,27). The van der Waals surface area contributed by atoms with Crippen molar-refractivity contribution in [3.05, 3.63) is 77.9 Å². The summed E-state index contributed by atoms with van der Waals surface area (Å²) in [7, 11) is -1.58. The quantitative estimate of drug-likeness (QED) is 0.337. The highest BCUT2D eigenvalue weighted by Gasteiger charge is 2.11. The van der Waals surface area contributed by atoms with Gasteiger partial charge in [0, 0.05) is 23.3 Å². The first-order valence-electron chi connectivity index (χ1n) is 10.1. The molecule has 33 heavy (non-hydrogen) atoms. The highest BCUT2D eigenvalue weighted by atomic mass is 32.2. The molecule has 0 aliphatic carbocycles. The van der Waals surface area contributed by atoms with Crippen molar-refractivity contribution in [3.63, 3.8) is 0 Å². The molecule has 9 heteroatoms. The number of benzene rings is 3. The van der Waals surface area contributed by atoms with E-state index in [1.54, 1.807) is 42.3 Å². The fourth-order valence-corrected chi connectivity index (χ4v) is 5.98. The highest BCUT2D eigenvalue weighted by Crippen LogP contribution is 2.34. The highest BCUT2D eigenvalue weighted by molar-refractivity contribution is 8.00. The minimum Gasteiger partial charge on any atom is -0.496 e. The number of carbonyl (C=O) groups excluding carboxylic acids is 1. The largest absolute Gasteiger partial charge is 0.496 e. The van der Waals surface area contributed by atoms with Crippen LogP contribution in [0.25, 0.3) is 10.2 Å². The number of para-hydroxylation sites is 1. The molecule has 6 nitrogen and oxygen atoms in total. The Morgan fingerprint density at radius 3 is 2.58 bits per heavy atom. The van der Waals surface area contributed by atoms with Crippen LogP contribution in [0.1, 0.15) is 11.1 Å². The summed E-state index contributed by atoms with van der Waals surface area (Å²) in [6, 6.07) is 19.9. The summed E-state index contributed by atoms with van der Waals surface area (Å²) < 4.78 is 30.5. The van der Waals surface area contributed by atoms with Crippen molar-refractivity contribution in [2.24, 2.45) is 0 Å². The molecule has 0 aliphatic rings. The van der Waals surface area contributed by atoms with E-state index in [0.29, 0.717) is 5.69 Å². The molecule has 0 unspecified atom stereocenters. The lowest BCUT2D eigenvalue weighted by atomic mass is 10.1. The number of methoxy groups -OCH3 is 1. The molecule has 1 amide bonds. The van der Waals surface area contributed by atoms with E-state index < -0.39 is 9.84 Å². The Morgan fingerprint density at radius 2 is 1.85 bits per heavy atom. The monoisotopic (exact) mass is 498 g/mol. The van der Waals surface area contributed by atoms with Gasteiger partial charge in [-0.3, -0.25) is 4.79 Å². The van der Waals surface area contributed by atoms with Crippen LogP contribution in [0.5, 0.6) is 5.75 Å². The zero-order valence-corrected chi connectivity index (χ0v) is 20.5. The van der Waals surface area contributed by atoms with E-state index in [1.807, 2.05) is 42.5 Å². The molecule has 0 bridgehead atoms. The minimum atomic E-state index is -3.25. The summed E-state index contributed by atoms with van der Waals surface area (Å²) in [5, 5.41) is 2.91. The molecule has 0 fully saturated rings. The van der Waals surface area contributed by atoms with E-state index in [4.69, 9.17) is 4.74 Å². The summed E-state index contributed by atoms with van der Waals surface area (Å²) in [5.41, 5.74) is 3.44. The number of hydrogen-bond acceptors (Lipinski definition) is 7. The van der Waals surface area contributed by atoms with Crippen LogP contribution >= 0.6 is 23.1 Å². The smallest absolute Gasteiger partial charge is 0.228 e. The van der Waals surface area contributed by atoms with Crippen LogP contribution in [0.3, 0.4) is 0 Å².